The maximum atomic E-state index is 5.87. The zero-order valence-electron chi connectivity index (χ0n) is 8.29. The second-order valence-electron chi connectivity index (χ2n) is 3.61. The molecule has 1 heterocycles. The Morgan fingerprint density at radius 1 is 1.36 bits per heavy atom. The van der Waals surface area contributed by atoms with Gasteiger partial charge in [-0.15, -0.1) is 0 Å². The molecule has 3 heteroatoms. The summed E-state index contributed by atoms with van der Waals surface area (Å²) in [6.07, 6.45) is 0.743. The quantitative estimate of drug-likeness (QED) is 0.655. The highest BCUT2D eigenvalue weighted by Gasteiger charge is 2.17. The Kier molecular flexibility index (Phi) is 2.11. The minimum atomic E-state index is 0.567. The molecule has 0 fully saturated rings. The number of nitrogens with zero attached hydrogens (tertiary/aromatic N) is 1. The standard InChI is InChI=1S/C11H12N2S/c1-6-3-4-8-5-9(14)13-11(12)10(8)7(6)2/h3-4H,5H2,1-2H3,(H2,12,13,14). The van der Waals surface area contributed by atoms with Gasteiger partial charge in [-0.1, -0.05) is 24.4 Å². The minimum absolute atomic E-state index is 0.567. The van der Waals surface area contributed by atoms with Gasteiger partial charge in [0.15, 0.2) is 0 Å². The SMILES string of the molecule is Cc1ccc2c(c1C)C(N)=NC(=S)C2. The highest BCUT2D eigenvalue weighted by Crippen LogP contribution is 2.22. The van der Waals surface area contributed by atoms with Gasteiger partial charge in [-0.05, 0) is 30.5 Å². The van der Waals surface area contributed by atoms with E-state index < -0.39 is 0 Å². The van der Waals surface area contributed by atoms with Crippen LogP contribution in [0.1, 0.15) is 22.3 Å². The molecule has 0 bridgehead atoms. The Labute approximate surface area is 88.8 Å². The molecule has 2 nitrogen and oxygen atoms in total. The van der Waals surface area contributed by atoms with E-state index in [0.29, 0.717) is 10.8 Å². The van der Waals surface area contributed by atoms with Crippen molar-refractivity contribution in [3.63, 3.8) is 0 Å². The normalized spacial score (nSPS) is 15.0. The van der Waals surface area contributed by atoms with E-state index in [2.05, 4.69) is 31.0 Å². The van der Waals surface area contributed by atoms with Gasteiger partial charge in [-0.3, -0.25) is 0 Å². The average Bonchev–Trinajstić information content (AvgIpc) is 2.10. The minimum Gasteiger partial charge on any atom is -0.383 e. The van der Waals surface area contributed by atoms with Crippen molar-refractivity contribution in [2.45, 2.75) is 20.3 Å². The van der Waals surface area contributed by atoms with E-state index in [1.807, 2.05) is 0 Å². The summed E-state index contributed by atoms with van der Waals surface area (Å²) in [6.45, 7) is 4.15. The van der Waals surface area contributed by atoms with Gasteiger partial charge in [0.2, 0.25) is 0 Å². The van der Waals surface area contributed by atoms with Crippen LogP contribution >= 0.6 is 12.2 Å². The molecule has 72 valence electrons. The van der Waals surface area contributed by atoms with Gasteiger partial charge in [0, 0.05) is 12.0 Å². The molecular weight excluding hydrogens is 192 g/mol. The number of thiocarbonyl (C=S) groups is 1. The summed E-state index contributed by atoms with van der Waals surface area (Å²) in [5, 5.41) is 0. The summed E-state index contributed by atoms with van der Waals surface area (Å²) in [7, 11) is 0. The molecule has 0 unspecified atom stereocenters. The van der Waals surface area contributed by atoms with Crippen molar-refractivity contribution in [3.8, 4) is 0 Å². The fourth-order valence-corrected chi connectivity index (χ4v) is 2.02. The van der Waals surface area contributed by atoms with Crippen molar-refractivity contribution < 1.29 is 0 Å². The van der Waals surface area contributed by atoms with Crippen LogP contribution in [-0.2, 0) is 6.42 Å². The van der Waals surface area contributed by atoms with E-state index in [1.54, 1.807) is 0 Å². The lowest BCUT2D eigenvalue weighted by Gasteiger charge is -2.18. The van der Waals surface area contributed by atoms with Crippen LogP contribution in [0.2, 0.25) is 0 Å². The molecule has 14 heavy (non-hydrogen) atoms. The summed E-state index contributed by atoms with van der Waals surface area (Å²) < 4.78 is 0. The van der Waals surface area contributed by atoms with Crippen LogP contribution in [0.5, 0.6) is 0 Å². The zero-order chi connectivity index (χ0) is 10.3. The first-order valence-electron chi connectivity index (χ1n) is 4.56. The largest absolute Gasteiger partial charge is 0.383 e. The number of benzene rings is 1. The van der Waals surface area contributed by atoms with Crippen LogP contribution < -0.4 is 5.73 Å². The molecule has 0 atom stereocenters. The van der Waals surface area contributed by atoms with Crippen LogP contribution in [0.25, 0.3) is 0 Å². The molecule has 0 saturated heterocycles. The van der Waals surface area contributed by atoms with Gasteiger partial charge in [-0.25, -0.2) is 4.99 Å². The summed E-state index contributed by atoms with van der Waals surface area (Å²) in [4.78, 5) is 4.83. The van der Waals surface area contributed by atoms with Crippen LogP contribution in [0.3, 0.4) is 0 Å². The van der Waals surface area contributed by atoms with Crippen LogP contribution in [0.15, 0.2) is 17.1 Å². The smallest absolute Gasteiger partial charge is 0.132 e. The van der Waals surface area contributed by atoms with Gasteiger partial charge in [0.25, 0.3) is 0 Å². The van der Waals surface area contributed by atoms with E-state index in [4.69, 9.17) is 18.0 Å². The molecule has 0 saturated carbocycles. The number of nitrogens with two attached hydrogens (primary N) is 1. The van der Waals surface area contributed by atoms with E-state index in [-0.39, 0.29) is 0 Å². The number of hydrogen-bond acceptors (Lipinski definition) is 2. The lowest BCUT2D eigenvalue weighted by molar-refractivity contribution is 1.20. The van der Waals surface area contributed by atoms with Gasteiger partial charge < -0.3 is 5.73 Å². The third kappa shape index (κ3) is 1.34. The number of rotatable bonds is 0. The number of fused-ring (bicyclic) bond motifs is 1. The van der Waals surface area contributed by atoms with E-state index >= 15 is 0 Å². The Balaban J connectivity index is 2.70. The maximum absolute atomic E-state index is 5.87. The molecule has 2 rings (SSSR count). The number of aliphatic imine (C=N–C) groups is 1. The Morgan fingerprint density at radius 2 is 2.07 bits per heavy atom. The van der Waals surface area contributed by atoms with Crippen molar-refractivity contribution in [1.82, 2.24) is 0 Å². The van der Waals surface area contributed by atoms with Crippen LogP contribution in [0, 0.1) is 13.8 Å². The molecule has 1 aliphatic heterocycles. The van der Waals surface area contributed by atoms with E-state index in [0.717, 1.165) is 12.0 Å². The van der Waals surface area contributed by atoms with Crippen molar-refractivity contribution in [2.75, 3.05) is 0 Å². The third-order valence-corrected chi connectivity index (χ3v) is 2.90. The lowest BCUT2D eigenvalue weighted by atomic mass is 9.93. The van der Waals surface area contributed by atoms with Gasteiger partial charge >= 0.3 is 0 Å². The summed E-state index contributed by atoms with van der Waals surface area (Å²) in [5.41, 5.74) is 10.6. The maximum Gasteiger partial charge on any atom is 0.132 e. The Morgan fingerprint density at radius 3 is 2.79 bits per heavy atom. The average molecular weight is 204 g/mol. The highest BCUT2D eigenvalue weighted by molar-refractivity contribution is 7.80. The van der Waals surface area contributed by atoms with Crippen molar-refractivity contribution >= 4 is 23.0 Å². The molecular formula is C11H12N2S. The molecule has 0 aromatic heterocycles. The second kappa shape index (κ2) is 3.17. The molecule has 0 aliphatic carbocycles. The monoisotopic (exact) mass is 204 g/mol. The summed E-state index contributed by atoms with van der Waals surface area (Å²) >= 11 is 5.07. The first kappa shape index (κ1) is 9.34. The molecule has 1 aliphatic rings. The van der Waals surface area contributed by atoms with E-state index in [1.165, 1.54) is 16.7 Å². The molecule has 0 spiro atoms. The molecule has 1 aromatic carbocycles. The molecule has 2 N–H and O–H groups in total. The number of hydrogen-bond donors (Lipinski definition) is 1. The summed E-state index contributed by atoms with van der Waals surface area (Å²) in [6, 6.07) is 4.20. The van der Waals surface area contributed by atoms with Crippen LogP contribution in [-0.4, -0.2) is 10.8 Å². The Hall–Kier alpha value is -1.22. The third-order valence-electron chi connectivity index (χ3n) is 2.67. The van der Waals surface area contributed by atoms with Crippen molar-refractivity contribution in [3.05, 3.63) is 34.4 Å². The predicted octanol–water partition coefficient (Wildman–Crippen LogP) is 1.89. The lowest BCUT2D eigenvalue weighted by Crippen LogP contribution is -2.24. The molecule has 0 radical (unpaired) electrons. The van der Waals surface area contributed by atoms with Crippen molar-refractivity contribution in [1.29, 1.82) is 0 Å². The molecule has 1 aromatic rings. The van der Waals surface area contributed by atoms with Crippen LogP contribution in [0.4, 0.5) is 0 Å². The van der Waals surface area contributed by atoms with Gasteiger partial charge in [-0.2, -0.15) is 0 Å². The highest BCUT2D eigenvalue weighted by atomic mass is 32.1. The van der Waals surface area contributed by atoms with Crippen molar-refractivity contribution in [2.24, 2.45) is 10.7 Å². The number of amidine groups is 1. The first-order valence-corrected chi connectivity index (χ1v) is 4.97. The second-order valence-corrected chi connectivity index (χ2v) is 4.08. The topological polar surface area (TPSA) is 38.4 Å². The Bertz CT molecular complexity index is 447. The first-order chi connectivity index (χ1) is 6.59. The van der Waals surface area contributed by atoms with Gasteiger partial charge in [0.05, 0.1) is 0 Å². The van der Waals surface area contributed by atoms with E-state index in [9.17, 15) is 0 Å². The van der Waals surface area contributed by atoms with Gasteiger partial charge in [0.1, 0.15) is 10.8 Å². The molecule has 0 amide bonds. The fourth-order valence-electron chi connectivity index (χ4n) is 1.77. The number of aryl methyl sites for hydroxylation is 1. The predicted molar refractivity (Wildman–Crippen MR) is 62.9 cm³/mol. The fraction of sp³-hybridized carbons (Fsp3) is 0.273. The summed E-state index contributed by atoms with van der Waals surface area (Å²) in [5.74, 6) is 0.567. The zero-order valence-corrected chi connectivity index (χ0v) is 9.11.